The third-order valence-corrected chi connectivity index (χ3v) is 3.49. The van der Waals surface area contributed by atoms with E-state index in [1.165, 1.54) is 0 Å². The zero-order valence-corrected chi connectivity index (χ0v) is 11.5. The highest BCUT2D eigenvalue weighted by Crippen LogP contribution is 2.30. The molecule has 1 aromatic rings. The summed E-state index contributed by atoms with van der Waals surface area (Å²) in [6.07, 6.45) is -0.418. The van der Waals surface area contributed by atoms with Gasteiger partial charge < -0.3 is 10.1 Å². The van der Waals surface area contributed by atoms with Crippen molar-refractivity contribution < 1.29 is 9.53 Å². The van der Waals surface area contributed by atoms with Crippen LogP contribution in [0.3, 0.4) is 0 Å². The molecule has 0 saturated carbocycles. The highest BCUT2D eigenvalue weighted by molar-refractivity contribution is 9.09. The molecule has 1 aliphatic rings. The number of amides is 1. The minimum atomic E-state index is -0.418. The van der Waals surface area contributed by atoms with Crippen LogP contribution in [0.1, 0.15) is 12.5 Å². The zero-order valence-electron chi connectivity index (χ0n) is 9.87. The van der Waals surface area contributed by atoms with Crippen molar-refractivity contribution in [1.29, 1.82) is 0 Å². The first kappa shape index (κ1) is 12.4. The van der Waals surface area contributed by atoms with Crippen LogP contribution >= 0.6 is 15.9 Å². The molecule has 0 spiro atoms. The maximum absolute atomic E-state index is 11.5. The summed E-state index contributed by atoms with van der Waals surface area (Å²) in [4.78, 5) is 13.6. The number of hydrogen-bond donors (Lipinski definition) is 1. The van der Waals surface area contributed by atoms with Crippen molar-refractivity contribution in [2.24, 2.45) is 0 Å². The van der Waals surface area contributed by atoms with Gasteiger partial charge in [0.05, 0.1) is 11.1 Å². The van der Waals surface area contributed by atoms with E-state index in [4.69, 9.17) is 4.74 Å². The Morgan fingerprint density at radius 2 is 2.29 bits per heavy atom. The molecule has 0 fully saturated rings. The molecule has 1 heterocycles. The summed E-state index contributed by atoms with van der Waals surface area (Å²) in [6, 6.07) is 5.88. The number of carbonyl (C=O) groups is 1. The lowest BCUT2D eigenvalue weighted by atomic mass is 10.1. The predicted octanol–water partition coefficient (Wildman–Crippen LogP) is 2.19. The summed E-state index contributed by atoms with van der Waals surface area (Å²) in [5, 5.41) is 2.85. The largest absolute Gasteiger partial charge is 0.479 e. The van der Waals surface area contributed by atoms with Crippen LogP contribution in [0.2, 0.25) is 0 Å². The normalized spacial score (nSPS) is 18.6. The lowest BCUT2D eigenvalue weighted by Gasteiger charge is -2.24. The number of ether oxygens (including phenoxy) is 1. The van der Waals surface area contributed by atoms with Crippen molar-refractivity contribution in [3.8, 4) is 5.75 Å². The lowest BCUT2D eigenvalue weighted by Crippen LogP contribution is -2.34. The van der Waals surface area contributed by atoms with Gasteiger partial charge in [-0.3, -0.25) is 9.69 Å². The fraction of sp³-hybridized carbons (Fsp3) is 0.417. The predicted molar refractivity (Wildman–Crippen MR) is 70.4 cm³/mol. The van der Waals surface area contributed by atoms with Crippen molar-refractivity contribution in [1.82, 2.24) is 4.90 Å². The van der Waals surface area contributed by atoms with E-state index in [1.54, 1.807) is 6.92 Å². The van der Waals surface area contributed by atoms with E-state index in [-0.39, 0.29) is 5.91 Å². The van der Waals surface area contributed by atoms with Gasteiger partial charge in [0.2, 0.25) is 0 Å². The molecule has 1 amide bonds. The van der Waals surface area contributed by atoms with Crippen molar-refractivity contribution in [3.05, 3.63) is 23.8 Å². The Morgan fingerprint density at radius 3 is 3.00 bits per heavy atom. The average molecular weight is 299 g/mol. The second-order valence-electron chi connectivity index (χ2n) is 4.21. The Morgan fingerprint density at radius 1 is 1.53 bits per heavy atom. The number of nitrogens with one attached hydrogen (secondary N) is 1. The third kappa shape index (κ3) is 2.79. The monoisotopic (exact) mass is 298 g/mol. The number of anilines is 1. The summed E-state index contributed by atoms with van der Waals surface area (Å²) in [6.45, 7) is 2.56. The summed E-state index contributed by atoms with van der Waals surface area (Å²) in [5.74, 6) is 0.644. The second kappa shape index (κ2) is 5.06. The van der Waals surface area contributed by atoms with Gasteiger partial charge in [0.15, 0.2) is 6.10 Å². The van der Waals surface area contributed by atoms with Gasteiger partial charge >= 0.3 is 0 Å². The maximum atomic E-state index is 11.5. The third-order valence-electron chi connectivity index (χ3n) is 2.63. The van der Waals surface area contributed by atoms with Gasteiger partial charge in [-0.2, -0.15) is 0 Å². The van der Waals surface area contributed by atoms with Gasteiger partial charge in [0.1, 0.15) is 5.75 Å². The number of benzene rings is 1. The van der Waals surface area contributed by atoms with Gasteiger partial charge in [-0.05, 0) is 31.7 Å². The molecule has 92 valence electrons. The maximum Gasteiger partial charge on any atom is 0.265 e. The van der Waals surface area contributed by atoms with Crippen LogP contribution < -0.4 is 10.1 Å². The van der Waals surface area contributed by atoms with E-state index >= 15 is 0 Å². The number of carbonyl (C=O) groups excluding carboxylic acids is 1. The number of halogens is 1. The minimum absolute atomic E-state index is 0.0940. The molecule has 0 aromatic heterocycles. The highest BCUT2D eigenvalue weighted by Gasteiger charge is 2.23. The lowest BCUT2D eigenvalue weighted by molar-refractivity contribution is -0.122. The summed E-state index contributed by atoms with van der Waals surface area (Å²) >= 11 is 3.40. The molecule has 0 saturated heterocycles. The number of rotatable bonds is 3. The van der Waals surface area contributed by atoms with Crippen LogP contribution in [0.25, 0.3) is 0 Å². The Labute approximate surface area is 109 Å². The fourth-order valence-electron chi connectivity index (χ4n) is 1.71. The first-order chi connectivity index (χ1) is 8.10. The van der Waals surface area contributed by atoms with Gasteiger partial charge in [-0.1, -0.05) is 22.0 Å². The topological polar surface area (TPSA) is 41.6 Å². The van der Waals surface area contributed by atoms with Gasteiger partial charge in [0.25, 0.3) is 5.91 Å². The first-order valence-electron chi connectivity index (χ1n) is 5.45. The van der Waals surface area contributed by atoms with Crippen LogP contribution in [0.15, 0.2) is 18.2 Å². The summed E-state index contributed by atoms with van der Waals surface area (Å²) < 4.78 is 5.50. The van der Waals surface area contributed by atoms with E-state index in [0.29, 0.717) is 0 Å². The smallest absolute Gasteiger partial charge is 0.265 e. The molecule has 5 heteroatoms. The molecule has 4 nitrogen and oxygen atoms in total. The van der Waals surface area contributed by atoms with Crippen molar-refractivity contribution in [3.63, 3.8) is 0 Å². The van der Waals surface area contributed by atoms with Crippen LogP contribution in [-0.2, 0) is 11.3 Å². The van der Waals surface area contributed by atoms with Crippen molar-refractivity contribution in [2.75, 3.05) is 17.8 Å². The molecular weight excluding hydrogens is 284 g/mol. The van der Waals surface area contributed by atoms with E-state index in [9.17, 15) is 4.79 Å². The molecule has 0 radical (unpaired) electrons. The van der Waals surface area contributed by atoms with E-state index in [0.717, 1.165) is 29.0 Å². The summed E-state index contributed by atoms with van der Waals surface area (Å²) in [5.41, 5.74) is 2.71. The standard InChI is InChI=1S/C12H15BrN2O2/c1-8-12(16)14-10-5-9(6-15(2)7-13)3-4-11(10)17-8/h3-5,8H,6-7H2,1-2H3,(H,14,16). The van der Waals surface area contributed by atoms with E-state index in [2.05, 4.69) is 26.1 Å². The van der Waals surface area contributed by atoms with Crippen molar-refractivity contribution in [2.45, 2.75) is 19.6 Å². The van der Waals surface area contributed by atoms with Gasteiger partial charge in [-0.25, -0.2) is 0 Å². The quantitative estimate of drug-likeness (QED) is 0.687. The number of fused-ring (bicyclic) bond motifs is 1. The molecule has 1 aliphatic heterocycles. The fourth-order valence-corrected chi connectivity index (χ4v) is 1.89. The Balaban J connectivity index is 2.19. The molecule has 1 N–H and O–H groups in total. The molecule has 0 aliphatic carbocycles. The van der Waals surface area contributed by atoms with Crippen LogP contribution in [-0.4, -0.2) is 29.4 Å². The highest BCUT2D eigenvalue weighted by atomic mass is 79.9. The number of alkyl halides is 1. The van der Waals surface area contributed by atoms with E-state index in [1.807, 2.05) is 25.2 Å². The van der Waals surface area contributed by atoms with E-state index < -0.39 is 6.10 Å². The molecule has 1 aromatic carbocycles. The van der Waals surface area contributed by atoms with Gasteiger partial charge in [0, 0.05) is 6.54 Å². The average Bonchev–Trinajstić information content (AvgIpc) is 2.31. The van der Waals surface area contributed by atoms with Gasteiger partial charge in [-0.15, -0.1) is 0 Å². The van der Waals surface area contributed by atoms with Crippen LogP contribution in [0.5, 0.6) is 5.75 Å². The molecule has 1 atom stereocenters. The second-order valence-corrected chi connectivity index (χ2v) is 4.72. The van der Waals surface area contributed by atoms with Crippen LogP contribution in [0.4, 0.5) is 5.69 Å². The Hall–Kier alpha value is -1.07. The summed E-state index contributed by atoms with van der Waals surface area (Å²) in [7, 11) is 2.02. The SMILES string of the molecule is CC1Oc2ccc(CN(C)CBr)cc2NC1=O. The molecular formula is C12H15BrN2O2. The van der Waals surface area contributed by atoms with Crippen molar-refractivity contribution >= 4 is 27.5 Å². The number of hydrogen-bond acceptors (Lipinski definition) is 3. The Bertz CT molecular complexity index is 437. The molecule has 0 bridgehead atoms. The zero-order chi connectivity index (χ0) is 12.4. The first-order valence-corrected chi connectivity index (χ1v) is 6.57. The minimum Gasteiger partial charge on any atom is -0.479 e. The molecule has 17 heavy (non-hydrogen) atoms. The number of nitrogens with zero attached hydrogens (tertiary/aromatic N) is 1. The Kier molecular flexibility index (Phi) is 3.69. The van der Waals surface area contributed by atoms with Crippen LogP contribution in [0, 0.1) is 0 Å². The molecule has 2 rings (SSSR count). The molecule has 1 unspecified atom stereocenters.